The number of aryl methyl sites for hydroxylation is 1. The van der Waals surface area contributed by atoms with Crippen molar-refractivity contribution in [3.05, 3.63) is 23.8 Å². The van der Waals surface area contributed by atoms with E-state index in [1.54, 1.807) is 6.07 Å². The number of benzene rings is 1. The maximum Gasteiger partial charge on any atom is 0.276 e. The first-order valence-corrected chi connectivity index (χ1v) is 6.46. The average Bonchev–Trinajstić information content (AvgIpc) is 3.27. The number of hydrogen-bond donors (Lipinski definition) is 2. The van der Waals surface area contributed by atoms with Crippen LogP contribution in [0.15, 0.2) is 18.2 Å². The first-order valence-electron chi connectivity index (χ1n) is 6.46. The summed E-state index contributed by atoms with van der Waals surface area (Å²) < 4.78 is 10.5. The molecule has 0 unspecified atom stereocenters. The largest absolute Gasteiger partial charge is 0.493 e. The smallest absolute Gasteiger partial charge is 0.276 e. The second-order valence-corrected chi connectivity index (χ2v) is 4.75. The third-order valence-corrected chi connectivity index (χ3v) is 2.95. The van der Waals surface area contributed by atoms with Crippen LogP contribution in [0.5, 0.6) is 11.5 Å². The highest BCUT2D eigenvalue weighted by Gasteiger charge is 2.29. The van der Waals surface area contributed by atoms with Crippen LogP contribution in [0.25, 0.3) is 0 Å². The molecule has 2 N–H and O–H groups in total. The topological polar surface area (TPSA) is 76.7 Å². The molecule has 20 heavy (non-hydrogen) atoms. The van der Waals surface area contributed by atoms with Crippen LogP contribution in [0.4, 0.5) is 0 Å². The SMILES string of the molecule is COc1cc(C)ccc1OCC(=O)NNC(=O)C1CC1. The molecule has 6 nitrogen and oxygen atoms in total. The fourth-order valence-electron chi connectivity index (χ4n) is 1.65. The summed E-state index contributed by atoms with van der Waals surface area (Å²) in [7, 11) is 1.54. The third-order valence-electron chi connectivity index (χ3n) is 2.95. The molecule has 1 aromatic rings. The predicted octanol–water partition coefficient (Wildman–Crippen LogP) is 0.940. The number of methoxy groups -OCH3 is 1. The molecule has 6 heteroatoms. The van der Waals surface area contributed by atoms with Crippen LogP contribution in [0, 0.1) is 12.8 Å². The van der Waals surface area contributed by atoms with Crippen LogP contribution in [0.2, 0.25) is 0 Å². The van der Waals surface area contributed by atoms with Crippen LogP contribution < -0.4 is 20.3 Å². The van der Waals surface area contributed by atoms with Crippen molar-refractivity contribution in [1.82, 2.24) is 10.9 Å². The summed E-state index contributed by atoms with van der Waals surface area (Å²) >= 11 is 0. The Morgan fingerprint density at radius 3 is 2.65 bits per heavy atom. The van der Waals surface area contributed by atoms with Gasteiger partial charge in [0, 0.05) is 5.92 Å². The minimum atomic E-state index is -0.415. The van der Waals surface area contributed by atoms with Crippen molar-refractivity contribution >= 4 is 11.8 Å². The number of hydrazine groups is 1. The Hall–Kier alpha value is -2.24. The summed E-state index contributed by atoms with van der Waals surface area (Å²) in [6, 6.07) is 5.43. The Kier molecular flexibility index (Phi) is 4.45. The summed E-state index contributed by atoms with van der Waals surface area (Å²) in [6.07, 6.45) is 1.78. The van der Waals surface area contributed by atoms with Gasteiger partial charge in [-0.1, -0.05) is 6.07 Å². The number of carbonyl (C=O) groups is 2. The van der Waals surface area contributed by atoms with Crippen LogP contribution >= 0.6 is 0 Å². The Balaban J connectivity index is 1.79. The molecular weight excluding hydrogens is 260 g/mol. The zero-order chi connectivity index (χ0) is 14.5. The number of carbonyl (C=O) groups excluding carboxylic acids is 2. The lowest BCUT2D eigenvalue weighted by atomic mass is 10.2. The second kappa shape index (κ2) is 6.27. The molecule has 0 heterocycles. The number of rotatable bonds is 5. The van der Waals surface area contributed by atoms with Gasteiger partial charge in [-0.3, -0.25) is 20.4 Å². The van der Waals surface area contributed by atoms with Crippen molar-refractivity contribution in [3.8, 4) is 11.5 Å². The average molecular weight is 278 g/mol. The van der Waals surface area contributed by atoms with Crippen molar-refractivity contribution in [2.45, 2.75) is 19.8 Å². The van der Waals surface area contributed by atoms with E-state index in [0.717, 1.165) is 18.4 Å². The lowest BCUT2D eigenvalue weighted by Crippen LogP contribution is -2.44. The van der Waals surface area contributed by atoms with Gasteiger partial charge in [-0.25, -0.2) is 0 Å². The van der Waals surface area contributed by atoms with Gasteiger partial charge in [-0.2, -0.15) is 0 Å². The highest BCUT2D eigenvalue weighted by atomic mass is 16.5. The van der Waals surface area contributed by atoms with Gasteiger partial charge in [0.2, 0.25) is 5.91 Å². The van der Waals surface area contributed by atoms with E-state index in [-0.39, 0.29) is 18.4 Å². The van der Waals surface area contributed by atoms with Gasteiger partial charge in [-0.05, 0) is 37.5 Å². The summed E-state index contributed by atoms with van der Waals surface area (Å²) in [5.41, 5.74) is 5.72. The van der Waals surface area contributed by atoms with E-state index < -0.39 is 5.91 Å². The molecule has 1 saturated carbocycles. The molecule has 2 rings (SSSR count). The Labute approximate surface area is 117 Å². The molecule has 0 radical (unpaired) electrons. The number of ether oxygens (including phenoxy) is 2. The van der Waals surface area contributed by atoms with Gasteiger partial charge in [0.05, 0.1) is 7.11 Å². The summed E-state index contributed by atoms with van der Waals surface area (Å²) in [5.74, 6) is 0.544. The maximum absolute atomic E-state index is 11.5. The van der Waals surface area contributed by atoms with Gasteiger partial charge in [-0.15, -0.1) is 0 Å². The van der Waals surface area contributed by atoms with Crippen molar-refractivity contribution in [1.29, 1.82) is 0 Å². The monoisotopic (exact) mass is 278 g/mol. The molecule has 1 fully saturated rings. The molecule has 0 aromatic heterocycles. The number of hydrogen-bond acceptors (Lipinski definition) is 4. The molecule has 0 spiro atoms. The van der Waals surface area contributed by atoms with Crippen LogP contribution in [0.1, 0.15) is 18.4 Å². The molecule has 0 bridgehead atoms. The molecule has 1 aromatic carbocycles. The van der Waals surface area contributed by atoms with Gasteiger partial charge in [0.1, 0.15) is 0 Å². The lowest BCUT2D eigenvalue weighted by molar-refractivity contribution is -0.130. The number of amides is 2. The van der Waals surface area contributed by atoms with Gasteiger partial charge < -0.3 is 9.47 Å². The van der Waals surface area contributed by atoms with E-state index in [9.17, 15) is 9.59 Å². The van der Waals surface area contributed by atoms with Gasteiger partial charge >= 0.3 is 0 Å². The van der Waals surface area contributed by atoms with Crippen LogP contribution in [-0.4, -0.2) is 25.5 Å². The first kappa shape index (κ1) is 14.2. The minimum absolute atomic E-state index is 0.0495. The Bertz CT molecular complexity index is 512. The van der Waals surface area contributed by atoms with Crippen molar-refractivity contribution < 1.29 is 19.1 Å². The van der Waals surface area contributed by atoms with E-state index in [1.807, 2.05) is 19.1 Å². The standard InChI is InChI=1S/C14H18N2O4/c1-9-3-6-11(12(7-9)19-2)20-8-13(17)15-16-14(18)10-4-5-10/h3,6-7,10H,4-5,8H2,1-2H3,(H,15,17)(H,16,18). The molecule has 0 aliphatic heterocycles. The van der Waals surface area contributed by atoms with E-state index in [2.05, 4.69) is 10.9 Å². The zero-order valence-corrected chi connectivity index (χ0v) is 11.6. The van der Waals surface area contributed by atoms with Crippen LogP contribution in [-0.2, 0) is 9.59 Å². The van der Waals surface area contributed by atoms with E-state index in [4.69, 9.17) is 9.47 Å². The Morgan fingerprint density at radius 1 is 1.25 bits per heavy atom. The Morgan fingerprint density at radius 2 is 2.00 bits per heavy atom. The maximum atomic E-state index is 11.5. The van der Waals surface area contributed by atoms with Gasteiger partial charge in [0.25, 0.3) is 5.91 Å². The fraction of sp³-hybridized carbons (Fsp3) is 0.429. The summed E-state index contributed by atoms with van der Waals surface area (Å²) in [6.45, 7) is 1.75. The molecule has 1 aliphatic carbocycles. The predicted molar refractivity (Wildman–Crippen MR) is 72.2 cm³/mol. The molecule has 0 atom stereocenters. The van der Waals surface area contributed by atoms with E-state index in [1.165, 1.54) is 7.11 Å². The molecular formula is C14H18N2O4. The minimum Gasteiger partial charge on any atom is -0.493 e. The highest BCUT2D eigenvalue weighted by molar-refractivity contribution is 5.85. The second-order valence-electron chi connectivity index (χ2n) is 4.75. The third kappa shape index (κ3) is 3.88. The molecule has 0 saturated heterocycles. The summed E-state index contributed by atoms with van der Waals surface area (Å²) in [5, 5.41) is 0. The molecule has 2 amide bonds. The fourth-order valence-corrected chi connectivity index (χ4v) is 1.65. The van der Waals surface area contributed by atoms with Crippen molar-refractivity contribution in [2.75, 3.05) is 13.7 Å². The first-order chi connectivity index (χ1) is 9.60. The highest BCUT2D eigenvalue weighted by Crippen LogP contribution is 2.28. The quantitative estimate of drug-likeness (QED) is 0.786. The van der Waals surface area contributed by atoms with Crippen molar-refractivity contribution in [2.24, 2.45) is 5.92 Å². The van der Waals surface area contributed by atoms with Crippen LogP contribution in [0.3, 0.4) is 0 Å². The van der Waals surface area contributed by atoms with Gasteiger partial charge in [0.15, 0.2) is 18.1 Å². The number of nitrogens with one attached hydrogen (secondary N) is 2. The molecule has 108 valence electrons. The van der Waals surface area contributed by atoms with E-state index in [0.29, 0.717) is 11.5 Å². The molecule has 1 aliphatic rings. The van der Waals surface area contributed by atoms with E-state index >= 15 is 0 Å². The van der Waals surface area contributed by atoms with Crippen molar-refractivity contribution in [3.63, 3.8) is 0 Å². The lowest BCUT2D eigenvalue weighted by Gasteiger charge is -2.11. The summed E-state index contributed by atoms with van der Waals surface area (Å²) in [4.78, 5) is 22.9. The normalized spacial score (nSPS) is 13.5. The zero-order valence-electron chi connectivity index (χ0n) is 11.6.